The number of hydrogen-bond acceptors (Lipinski definition) is 3. The fourth-order valence-electron chi connectivity index (χ4n) is 3.04. The second-order valence-electron chi connectivity index (χ2n) is 6.25. The van der Waals surface area contributed by atoms with Crippen LogP contribution in [-0.2, 0) is 18.4 Å². The van der Waals surface area contributed by atoms with Crippen LogP contribution in [0.25, 0.3) is 0 Å². The molecule has 1 aliphatic rings. The van der Waals surface area contributed by atoms with E-state index in [-0.39, 0.29) is 10.7 Å². The molecule has 0 radical (unpaired) electrons. The van der Waals surface area contributed by atoms with Gasteiger partial charge in [0.05, 0.1) is 11.3 Å². The molecule has 0 atom stereocenters. The standard InChI is InChI=1S/C18H23N3OS/c1-14-5-7-15(8-6-14)23-18(9-3-4-10-18)17(22)20-13-16-19-11-12-21(16)2/h5-8,11-12H,3-4,9-10,13H2,1-2H3,(H,20,22). The number of amides is 1. The number of carbonyl (C=O) groups excluding carboxylic acids is 1. The summed E-state index contributed by atoms with van der Waals surface area (Å²) < 4.78 is 1.61. The van der Waals surface area contributed by atoms with Gasteiger partial charge >= 0.3 is 0 Å². The summed E-state index contributed by atoms with van der Waals surface area (Å²) >= 11 is 1.72. The van der Waals surface area contributed by atoms with Crippen molar-refractivity contribution in [2.75, 3.05) is 0 Å². The van der Waals surface area contributed by atoms with Crippen LogP contribution in [0, 0.1) is 6.92 Å². The molecule has 1 aromatic heterocycles. The average molecular weight is 329 g/mol. The van der Waals surface area contributed by atoms with Gasteiger partial charge in [-0.15, -0.1) is 11.8 Å². The molecule has 1 saturated carbocycles. The van der Waals surface area contributed by atoms with E-state index in [1.807, 2.05) is 17.8 Å². The lowest BCUT2D eigenvalue weighted by molar-refractivity contribution is -0.123. The smallest absolute Gasteiger partial charge is 0.236 e. The molecule has 122 valence electrons. The molecule has 1 fully saturated rings. The maximum absolute atomic E-state index is 12.9. The molecule has 1 aliphatic carbocycles. The Labute approximate surface area is 141 Å². The molecule has 0 aliphatic heterocycles. The van der Waals surface area contributed by atoms with E-state index in [9.17, 15) is 4.79 Å². The topological polar surface area (TPSA) is 46.9 Å². The summed E-state index contributed by atoms with van der Waals surface area (Å²) in [7, 11) is 1.95. The zero-order valence-electron chi connectivity index (χ0n) is 13.7. The molecular weight excluding hydrogens is 306 g/mol. The molecule has 0 saturated heterocycles. The van der Waals surface area contributed by atoms with Crippen molar-refractivity contribution in [2.45, 2.75) is 48.8 Å². The SMILES string of the molecule is Cc1ccc(SC2(C(=O)NCc3nccn3C)CCCC2)cc1. The van der Waals surface area contributed by atoms with Crippen LogP contribution in [0.2, 0.25) is 0 Å². The number of aryl methyl sites for hydroxylation is 2. The fraction of sp³-hybridized carbons (Fsp3) is 0.444. The second-order valence-corrected chi connectivity index (χ2v) is 7.71. The van der Waals surface area contributed by atoms with E-state index in [1.54, 1.807) is 18.0 Å². The monoisotopic (exact) mass is 329 g/mol. The van der Waals surface area contributed by atoms with Crippen LogP contribution in [0.3, 0.4) is 0 Å². The van der Waals surface area contributed by atoms with Crippen LogP contribution in [0.4, 0.5) is 0 Å². The molecule has 5 heteroatoms. The van der Waals surface area contributed by atoms with Crippen LogP contribution < -0.4 is 5.32 Å². The van der Waals surface area contributed by atoms with Crippen LogP contribution in [-0.4, -0.2) is 20.2 Å². The van der Waals surface area contributed by atoms with E-state index in [0.29, 0.717) is 6.54 Å². The lowest BCUT2D eigenvalue weighted by Gasteiger charge is -2.27. The third-order valence-electron chi connectivity index (χ3n) is 4.49. The Bertz CT molecular complexity index is 672. The van der Waals surface area contributed by atoms with Crippen molar-refractivity contribution in [3.63, 3.8) is 0 Å². The summed E-state index contributed by atoms with van der Waals surface area (Å²) in [6.45, 7) is 2.57. The van der Waals surface area contributed by atoms with Gasteiger partial charge in [0.25, 0.3) is 0 Å². The normalized spacial score (nSPS) is 16.4. The molecule has 0 bridgehead atoms. The Balaban J connectivity index is 1.70. The van der Waals surface area contributed by atoms with Gasteiger partial charge in [-0.2, -0.15) is 0 Å². The summed E-state index contributed by atoms with van der Waals surface area (Å²) in [5.41, 5.74) is 1.24. The number of nitrogens with zero attached hydrogens (tertiary/aromatic N) is 2. The van der Waals surface area contributed by atoms with E-state index in [1.165, 1.54) is 10.5 Å². The molecule has 2 aromatic rings. The van der Waals surface area contributed by atoms with Crippen LogP contribution in [0.5, 0.6) is 0 Å². The summed E-state index contributed by atoms with van der Waals surface area (Å²) in [6, 6.07) is 8.45. The van der Waals surface area contributed by atoms with Crippen molar-refractivity contribution < 1.29 is 4.79 Å². The number of benzene rings is 1. The van der Waals surface area contributed by atoms with Crippen molar-refractivity contribution in [2.24, 2.45) is 7.05 Å². The molecule has 1 N–H and O–H groups in total. The van der Waals surface area contributed by atoms with Gasteiger partial charge in [0, 0.05) is 24.3 Å². The molecule has 0 unspecified atom stereocenters. The van der Waals surface area contributed by atoms with Gasteiger partial charge in [0.2, 0.25) is 5.91 Å². The second kappa shape index (κ2) is 6.79. The van der Waals surface area contributed by atoms with Gasteiger partial charge < -0.3 is 9.88 Å². The number of hydrogen-bond donors (Lipinski definition) is 1. The maximum atomic E-state index is 12.9. The molecule has 4 nitrogen and oxygen atoms in total. The number of rotatable bonds is 5. The molecule has 3 rings (SSSR count). The highest BCUT2D eigenvalue weighted by atomic mass is 32.2. The highest BCUT2D eigenvalue weighted by Crippen LogP contribution is 2.45. The minimum absolute atomic E-state index is 0.142. The van der Waals surface area contributed by atoms with Crippen molar-refractivity contribution in [3.05, 3.63) is 48.0 Å². The Hall–Kier alpha value is -1.75. The first kappa shape index (κ1) is 16.1. The van der Waals surface area contributed by atoms with Gasteiger partial charge in [-0.05, 0) is 31.9 Å². The van der Waals surface area contributed by atoms with Crippen LogP contribution >= 0.6 is 11.8 Å². The molecular formula is C18H23N3OS. The van der Waals surface area contributed by atoms with Gasteiger partial charge in [-0.25, -0.2) is 4.98 Å². The van der Waals surface area contributed by atoms with Crippen molar-refractivity contribution in [1.82, 2.24) is 14.9 Å². The van der Waals surface area contributed by atoms with Gasteiger partial charge in [-0.1, -0.05) is 30.5 Å². The first-order valence-corrected chi connectivity index (χ1v) is 8.91. The highest BCUT2D eigenvalue weighted by Gasteiger charge is 2.42. The minimum atomic E-state index is -0.333. The van der Waals surface area contributed by atoms with E-state index in [2.05, 4.69) is 41.5 Å². The number of carbonyl (C=O) groups is 1. The van der Waals surface area contributed by atoms with Gasteiger partial charge in [0.1, 0.15) is 5.82 Å². The Morgan fingerprint density at radius 2 is 2.00 bits per heavy atom. The Kier molecular flexibility index (Phi) is 4.76. The summed E-state index contributed by atoms with van der Waals surface area (Å²) in [5, 5.41) is 3.10. The summed E-state index contributed by atoms with van der Waals surface area (Å²) in [6.07, 6.45) is 7.78. The van der Waals surface area contributed by atoms with Crippen molar-refractivity contribution in [1.29, 1.82) is 0 Å². The largest absolute Gasteiger partial charge is 0.348 e. The number of nitrogens with one attached hydrogen (secondary N) is 1. The van der Waals surface area contributed by atoms with Crippen LogP contribution in [0.15, 0.2) is 41.6 Å². The highest BCUT2D eigenvalue weighted by molar-refractivity contribution is 8.01. The van der Waals surface area contributed by atoms with E-state index >= 15 is 0 Å². The van der Waals surface area contributed by atoms with Crippen LogP contribution in [0.1, 0.15) is 37.1 Å². The number of aromatic nitrogens is 2. The van der Waals surface area contributed by atoms with Gasteiger partial charge in [0.15, 0.2) is 0 Å². The van der Waals surface area contributed by atoms with E-state index in [0.717, 1.165) is 31.5 Å². The van der Waals surface area contributed by atoms with E-state index in [4.69, 9.17) is 0 Å². The zero-order chi connectivity index (χ0) is 16.3. The van der Waals surface area contributed by atoms with Crippen molar-refractivity contribution >= 4 is 17.7 Å². The maximum Gasteiger partial charge on any atom is 0.236 e. The predicted octanol–water partition coefficient (Wildman–Crippen LogP) is 3.45. The molecule has 1 heterocycles. The lowest BCUT2D eigenvalue weighted by Crippen LogP contribution is -2.42. The number of imidazole rings is 1. The third-order valence-corrected chi connectivity index (χ3v) is 5.98. The quantitative estimate of drug-likeness (QED) is 0.914. The molecule has 1 aromatic carbocycles. The average Bonchev–Trinajstić information content (AvgIpc) is 3.17. The third kappa shape index (κ3) is 3.61. The molecule has 23 heavy (non-hydrogen) atoms. The van der Waals surface area contributed by atoms with Crippen molar-refractivity contribution in [3.8, 4) is 0 Å². The van der Waals surface area contributed by atoms with E-state index < -0.39 is 0 Å². The predicted molar refractivity (Wildman–Crippen MR) is 93.3 cm³/mol. The van der Waals surface area contributed by atoms with Gasteiger partial charge in [-0.3, -0.25) is 4.79 Å². The first-order chi connectivity index (χ1) is 11.1. The fourth-order valence-corrected chi connectivity index (χ4v) is 4.42. The number of thioether (sulfide) groups is 1. The Morgan fingerprint density at radius 1 is 1.30 bits per heavy atom. The molecule has 1 amide bonds. The lowest BCUT2D eigenvalue weighted by atomic mass is 10.1. The summed E-state index contributed by atoms with van der Waals surface area (Å²) in [5.74, 6) is 1.02. The first-order valence-electron chi connectivity index (χ1n) is 8.09. The minimum Gasteiger partial charge on any atom is -0.348 e. The Morgan fingerprint density at radius 3 is 2.61 bits per heavy atom. The molecule has 0 spiro atoms. The zero-order valence-corrected chi connectivity index (χ0v) is 14.5. The summed E-state index contributed by atoms with van der Waals surface area (Å²) in [4.78, 5) is 18.3.